The summed E-state index contributed by atoms with van der Waals surface area (Å²) in [5.74, 6) is 0.240. The van der Waals surface area contributed by atoms with E-state index in [1.165, 1.54) is 0 Å². The number of alkyl halides is 1. The van der Waals surface area contributed by atoms with Crippen molar-refractivity contribution in [1.29, 1.82) is 0 Å². The van der Waals surface area contributed by atoms with Crippen LogP contribution in [0.2, 0.25) is 5.02 Å². The molecule has 0 saturated carbocycles. The lowest BCUT2D eigenvalue weighted by Gasteiger charge is -2.14. The Morgan fingerprint density at radius 3 is 2.76 bits per heavy atom. The zero-order valence-electron chi connectivity index (χ0n) is 9.39. The van der Waals surface area contributed by atoms with Crippen molar-refractivity contribution in [2.75, 3.05) is 11.9 Å². The van der Waals surface area contributed by atoms with Gasteiger partial charge in [-0.05, 0) is 41.9 Å². The summed E-state index contributed by atoms with van der Waals surface area (Å²) in [5.41, 5.74) is 0.503. The van der Waals surface area contributed by atoms with Gasteiger partial charge >= 0.3 is 0 Å². The van der Waals surface area contributed by atoms with Crippen molar-refractivity contribution in [3.63, 3.8) is 0 Å². The van der Waals surface area contributed by atoms with E-state index in [0.717, 1.165) is 0 Å². The molecule has 0 aliphatic carbocycles. The third kappa shape index (κ3) is 4.05. The van der Waals surface area contributed by atoms with Gasteiger partial charge in [-0.15, -0.1) is 11.6 Å². The maximum absolute atomic E-state index is 11.5. The molecule has 1 aromatic carbocycles. The predicted molar refractivity (Wildman–Crippen MR) is 74.3 cm³/mol. The summed E-state index contributed by atoms with van der Waals surface area (Å²) in [5, 5.41) is 2.54. The fourth-order valence-electron chi connectivity index (χ4n) is 1.18. The number of hydrogen-bond donors (Lipinski definition) is 1. The first-order chi connectivity index (χ1) is 7.95. The lowest BCUT2D eigenvalue weighted by molar-refractivity contribution is -0.115. The molecule has 0 heterocycles. The normalized spacial score (nSPS) is 12.1. The van der Waals surface area contributed by atoms with E-state index in [1.807, 2.05) is 6.92 Å². The van der Waals surface area contributed by atoms with Gasteiger partial charge in [0.15, 0.2) is 5.75 Å². The van der Waals surface area contributed by atoms with Crippen LogP contribution >= 0.6 is 39.1 Å². The maximum atomic E-state index is 11.5. The molecular formula is C11H12BrCl2NO2. The summed E-state index contributed by atoms with van der Waals surface area (Å²) >= 11 is 14.9. The summed E-state index contributed by atoms with van der Waals surface area (Å²) in [7, 11) is 0. The van der Waals surface area contributed by atoms with Gasteiger partial charge in [0.2, 0.25) is 5.91 Å². The van der Waals surface area contributed by atoms with Crippen molar-refractivity contribution in [2.24, 2.45) is 0 Å². The number of rotatable bonds is 4. The van der Waals surface area contributed by atoms with Crippen molar-refractivity contribution < 1.29 is 9.53 Å². The fourth-order valence-corrected chi connectivity index (χ4v) is 2.16. The van der Waals surface area contributed by atoms with E-state index in [1.54, 1.807) is 19.1 Å². The van der Waals surface area contributed by atoms with E-state index in [0.29, 0.717) is 27.5 Å². The molecule has 0 saturated heterocycles. The second-order valence-corrected chi connectivity index (χ2v) is 5.25. The molecule has 0 aliphatic heterocycles. The molecule has 17 heavy (non-hydrogen) atoms. The summed E-state index contributed by atoms with van der Waals surface area (Å²) in [6, 6.07) is 3.32. The number of halogens is 3. The molecule has 1 aromatic rings. The highest BCUT2D eigenvalue weighted by Gasteiger charge is 2.15. The highest BCUT2D eigenvalue weighted by atomic mass is 79.9. The molecule has 0 fully saturated rings. The summed E-state index contributed by atoms with van der Waals surface area (Å²) < 4.78 is 6.12. The molecule has 1 unspecified atom stereocenters. The van der Waals surface area contributed by atoms with E-state index in [4.69, 9.17) is 27.9 Å². The number of hydrogen-bond acceptors (Lipinski definition) is 2. The van der Waals surface area contributed by atoms with Crippen LogP contribution in [0.1, 0.15) is 13.8 Å². The van der Waals surface area contributed by atoms with Crippen molar-refractivity contribution in [3.8, 4) is 5.75 Å². The minimum absolute atomic E-state index is 0.304. The Hall–Kier alpha value is -0.450. The summed E-state index contributed by atoms with van der Waals surface area (Å²) in [6.45, 7) is 3.94. The predicted octanol–water partition coefficient (Wildman–Crippen LogP) is 4.07. The third-order valence-electron chi connectivity index (χ3n) is 1.92. The van der Waals surface area contributed by atoms with Crippen molar-refractivity contribution in [2.45, 2.75) is 19.2 Å². The molecule has 0 spiro atoms. The molecule has 94 valence electrons. The molecule has 0 bridgehead atoms. The number of benzene rings is 1. The van der Waals surface area contributed by atoms with Crippen LogP contribution in [0.3, 0.4) is 0 Å². The molecule has 0 radical (unpaired) electrons. The van der Waals surface area contributed by atoms with Crippen LogP contribution in [0.25, 0.3) is 0 Å². The van der Waals surface area contributed by atoms with Gasteiger partial charge in [-0.3, -0.25) is 4.79 Å². The first-order valence-corrected chi connectivity index (χ1v) is 6.63. The zero-order valence-corrected chi connectivity index (χ0v) is 12.5. The Bertz CT molecular complexity index is 424. The SMILES string of the molecule is CCOc1c(Br)cc(Cl)cc1NC(=O)C(C)Cl. The first kappa shape index (κ1) is 14.6. The number of amides is 1. The number of nitrogens with one attached hydrogen (secondary N) is 1. The highest BCUT2D eigenvalue weighted by molar-refractivity contribution is 9.10. The summed E-state index contributed by atoms with van der Waals surface area (Å²) in [4.78, 5) is 11.5. The molecule has 1 N–H and O–H groups in total. The molecule has 1 amide bonds. The van der Waals surface area contributed by atoms with Gasteiger partial charge in [-0.1, -0.05) is 11.6 Å². The van der Waals surface area contributed by atoms with Gasteiger partial charge < -0.3 is 10.1 Å². The number of anilines is 1. The highest BCUT2D eigenvalue weighted by Crippen LogP contribution is 2.36. The van der Waals surface area contributed by atoms with E-state index in [-0.39, 0.29) is 5.91 Å². The van der Waals surface area contributed by atoms with Crippen molar-refractivity contribution in [3.05, 3.63) is 21.6 Å². The van der Waals surface area contributed by atoms with Crippen LogP contribution in [-0.4, -0.2) is 17.9 Å². The van der Waals surface area contributed by atoms with Gasteiger partial charge in [-0.2, -0.15) is 0 Å². The monoisotopic (exact) mass is 339 g/mol. The molecule has 1 atom stereocenters. The third-order valence-corrected chi connectivity index (χ3v) is 2.92. The lowest BCUT2D eigenvalue weighted by Crippen LogP contribution is -2.20. The lowest BCUT2D eigenvalue weighted by atomic mass is 10.2. The van der Waals surface area contributed by atoms with Crippen LogP contribution in [0.5, 0.6) is 5.75 Å². The Balaban J connectivity index is 3.07. The zero-order chi connectivity index (χ0) is 13.0. The Labute approximate surface area is 119 Å². The van der Waals surface area contributed by atoms with Crippen LogP contribution in [0.15, 0.2) is 16.6 Å². The van der Waals surface area contributed by atoms with Crippen molar-refractivity contribution in [1.82, 2.24) is 0 Å². The summed E-state index contributed by atoms with van der Waals surface area (Å²) in [6.07, 6.45) is 0. The van der Waals surface area contributed by atoms with E-state index in [9.17, 15) is 4.79 Å². The van der Waals surface area contributed by atoms with Crippen LogP contribution < -0.4 is 10.1 Å². The maximum Gasteiger partial charge on any atom is 0.242 e. The van der Waals surface area contributed by atoms with Crippen molar-refractivity contribution >= 4 is 50.7 Å². The Morgan fingerprint density at radius 2 is 2.24 bits per heavy atom. The van der Waals surface area contributed by atoms with E-state index >= 15 is 0 Å². The molecule has 0 aromatic heterocycles. The second-order valence-electron chi connectivity index (χ2n) is 3.30. The van der Waals surface area contributed by atoms with Gasteiger partial charge in [0.05, 0.1) is 16.8 Å². The van der Waals surface area contributed by atoms with E-state index < -0.39 is 5.38 Å². The minimum atomic E-state index is -0.623. The second kappa shape index (κ2) is 6.47. The standard InChI is InChI=1S/C11H12BrCl2NO2/c1-3-17-10-8(12)4-7(14)5-9(10)15-11(16)6(2)13/h4-6H,3H2,1-2H3,(H,15,16). The number of ether oxygens (including phenoxy) is 1. The molecule has 6 heteroatoms. The minimum Gasteiger partial charge on any atom is -0.491 e. The van der Waals surface area contributed by atoms with Crippen LogP contribution in [0, 0.1) is 0 Å². The molecular weight excluding hydrogens is 329 g/mol. The molecule has 3 nitrogen and oxygen atoms in total. The van der Waals surface area contributed by atoms with Gasteiger partial charge in [-0.25, -0.2) is 0 Å². The molecule has 0 aliphatic rings. The van der Waals surface area contributed by atoms with E-state index in [2.05, 4.69) is 21.2 Å². The number of carbonyl (C=O) groups excluding carboxylic acids is 1. The first-order valence-electron chi connectivity index (χ1n) is 5.02. The van der Waals surface area contributed by atoms with Gasteiger partial charge in [0.1, 0.15) is 5.38 Å². The van der Waals surface area contributed by atoms with Crippen LogP contribution in [0.4, 0.5) is 5.69 Å². The van der Waals surface area contributed by atoms with Gasteiger partial charge in [0.25, 0.3) is 0 Å². The molecule has 1 rings (SSSR count). The van der Waals surface area contributed by atoms with Gasteiger partial charge in [0, 0.05) is 5.02 Å². The quantitative estimate of drug-likeness (QED) is 0.839. The smallest absolute Gasteiger partial charge is 0.242 e. The topological polar surface area (TPSA) is 38.3 Å². The largest absolute Gasteiger partial charge is 0.491 e. The number of carbonyl (C=O) groups is 1. The Kier molecular flexibility index (Phi) is 5.56. The fraction of sp³-hybridized carbons (Fsp3) is 0.364. The average Bonchev–Trinajstić information content (AvgIpc) is 2.22. The van der Waals surface area contributed by atoms with Crippen LogP contribution in [-0.2, 0) is 4.79 Å². The average molecular weight is 341 g/mol. The Morgan fingerprint density at radius 1 is 1.59 bits per heavy atom.